The fourth-order valence-electron chi connectivity index (χ4n) is 3.69. The highest BCUT2D eigenvalue weighted by Crippen LogP contribution is 2.29. The molecule has 10 heteroatoms. The van der Waals surface area contributed by atoms with Crippen molar-refractivity contribution in [2.24, 2.45) is 0 Å². The molecule has 0 unspecified atom stereocenters. The normalized spacial score (nSPS) is 15.5. The molecule has 0 bridgehead atoms. The minimum absolute atomic E-state index is 0.0826. The number of nitro benzene ring substituents is 1. The molecule has 1 aromatic heterocycles. The minimum Gasteiger partial charge on any atom is -0.354 e. The number of nitrogens with one attached hydrogen (secondary N) is 2. The van der Waals surface area contributed by atoms with Crippen molar-refractivity contribution in [2.75, 3.05) is 6.54 Å². The lowest BCUT2D eigenvalue weighted by molar-refractivity contribution is -0.384. The van der Waals surface area contributed by atoms with Crippen LogP contribution >= 0.6 is 0 Å². The summed E-state index contributed by atoms with van der Waals surface area (Å²) in [6.07, 6.45) is 3.89. The fourth-order valence-corrected chi connectivity index (χ4v) is 3.69. The zero-order valence-corrected chi connectivity index (χ0v) is 16.5. The zero-order chi connectivity index (χ0) is 21.0. The molecule has 1 aromatic carbocycles. The number of aromatic nitrogens is 3. The van der Waals surface area contributed by atoms with Gasteiger partial charge in [-0.3, -0.25) is 19.7 Å². The molecule has 0 atom stereocenters. The Morgan fingerprint density at radius 2 is 2.00 bits per heavy atom. The Morgan fingerprint density at radius 1 is 1.28 bits per heavy atom. The minimum atomic E-state index is -0.951. The first-order valence-corrected chi connectivity index (χ1v) is 9.66. The van der Waals surface area contributed by atoms with Crippen LogP contribution in [0, 0.1) is 17.0 Å². The maximum atomic E-state index is 13.0. The second-order valence-electron chi connectivity index (χ2n) is 7.17. The van der Waals surface area contributed by atoms with Crippen LogP contribution in [0.1, 0.15) is 55.2 Å². The van der Waals surface area contributed by atoms with Crippen LogP contribution in [0.3, 0.4) is 0 Å². The van der Waals surface area contributed by atoms with Gasteiger partial charge in [0.05, 0.1) is 16.3 Å². The van der Waals surface area contributed by atoms with Crippen LogP contribution in [0.5, 0.6) is 0 Å². The van der Waals surface area contributed by atoms with E-state index in [4.69, 9.17) is 0 Å². The van der Waals surface area contributed by atoms with Gasteiger partial charge in [-0.25, -0.2) is 4.68 Å². The Hall–Kier alpha value is -3.30. The Labute approximate surface area is 167 Å². The first kappa shape index (κ1) is 20.4. The van der Waals surface area contributed by atoms with Gasteiger partial charge in [0.15, 0.2) is 5.69 Å². The number of hydrogen-bond acceptors (Lipinski definition) is 6. The number of rotatable bonds is 6. The third-order valence-electron chi connectivity index (χ3n) is 5.23. The summed E-state index contributed by atoms with van der Waals surface area (Å²) >= 11 is 0. The first-order valence-electron chi connectivity index (χ1n) is 9.66. The number of nitro groups is 1. The third-order valence-corrected chi connectivity index (χ3v) is 5.23. The molecule has 154 valence electrons. The lowest BCUT2D eigenvalue weighted by Crippen LogP contribution is -2.59. The van der Waals surface area contributed by atoms with E-state index in [0.717, 1.165) is 19.3 Å². The van der Waals surface area contributed by atoms with Crippen molar-refractivity contribution in [1.82, 2.24) is 25.6 Å². The molecule has 1 aliphatic rings. The largest absolute Gasteiger partial charge is 0.354 e. The van der Waals surface area contributed by atoms with Crippen LogP contribution < -0.4 is 10.6 Å². The number of non-ortho nitro benzene ring substituents is 1. The van der Waals surface area contributed by atoms with Crippen LogP contribution in [0.4, 0.5) is 5.69 Å². The van der Waals surface area contributed by atoms with Crippen LogP contribution in [-0.2, 0) is 4.79 Å². The Bertz CT molecular complexity index is 933. The monoisotopic (exact) mass is 400 g/mol. The third kappa shape index (κ3) is 4.10. The lowest BCUT2D eigenvalue weighted by atomic mass is 9.80. The summed E-state index contributed by atoms with van der Waals surface area (Å²) in [7, 11) is 0. The average Bonchev–Trinajstić information content (AvgIpc) is 3.10. The molecule has 1 fully saturated rings. The second-order valence-corrected chi connectivity index (χ2v) is 7.17. The predicted molar refractivity (Wildman–Crippen MR) is 105 cm³/mol. The van der Waals surface area contributed by atoms with Crippen molar-refractivity contribution >= 4 is 17.5 Å². The maximum absolute atomic E-state index is 13.0. The Kier molecular flexibility index (Phi) is 5.90. The number of benzene rings is 1. The number of nitrogens with zero attached hydrogens (tertiary/aromatic N) is 4. The summed E-state index contributed by atoms with van der Waals surface area (Å²) in [4.78, 5) is 36.1. The summed E-state index contributed by atoms with van der Waals surface area (Å²) in [5, 5.41) is 24.7. The van der Waals surface area contributed by atoms with E-state index in [2.05, 4.69) is 20.9 Å². The van der Waals surface area contributed by atoms with Crippen molar-refractivity contribution < 1.29 is 14.5 Å². The number of carbonyl (C=O) groups excluding carboxylic acids is 2. The van der Waals surface area contributed by atoms with E-state index in [1.807, 2.05) is 6.92 Å². The number of hydrogen-bond donors (Lipinski definition) is 2. The van der Waals surface area contributed by atoms with Gasteiger partial charge in [-0.15, -0.1) is 5.10 Å². The summed E-state index contributed by atoms with van der Waals surface area (Å²) in [5.74, 6) is -0.663. The summed E-state index contributed by atoms with van der Waals surface area (Å²) in [6.45, 7) is 3.98. The van der Waals surface area contributed by atoms with E-state index < -0.39 is 16.4 Å². The number of carbonyl (C=O) groups is 2. The molecule has 1 saturated carbocycles. The van der Waals surface area contributed by atoms with Gasteiger partial charge in [-0.1, -0.05) is 30.5 Å². The van der Waals surface area contributed by atoms with Gasteiger partial charge < -0.3 is 10.6 Å². The van der Waals surface area contributed by atoms with E-state index in [-0.39, 0.29) is 17.3 Å². The SMILES string of the molecule is CCNC(=O)C1(NC(=O)c2nnn(-c3cccc([N+](=O)[O-])c3)c2C)CCCCC1. The molecule has 0 saturated heterocycles. The summed E-state index contributed by atoms with van der Waals surface area (Å²) < 4.78 is 1.38. The van der Waals surface area contributed by atoms with E-state index in [9.17, 15) is 19.7 Å². The van der Waals surface area contributed by atoms with E-state index in [0.29, 0.717) is 30.8 Å². The molecule has 0 radical (unpaired) electrons. The van der Waals surface area contributed by atoms with Crippen molar-refractivity contribution in [2.45, 2.75) is 51.5 Å². The maximum Gasteiger partial charge on any atom is 0.274 e. The molecule has 10 nitrogen and oxygen atoms in total. The molecule has 3 rings (SSSR count). The van der Waals surface area contributed by atoms with Crippen LogP contribution in [0.2, 0.25) is 0 Å². The fraction of sp³-hybridized carbons (Fsp3) is 0.474. The van der Waals surface area contributed by atoms with Crippen LogP contribution in [0.25, 0.3) is 5.69 Å². The Balaban J connectivity index is 1.87. The molecular weight excluding hydrogens is 376 g/mol. The standard InChI is InChI=1S/C19H24N6O4/c1-3-20-18(27)19(10-5-4-6-11-19)21-17(26)16-13(2)24(23-22-16)14-8-7-9-15(12-14)25(28)29/h7-9,12H,3-6,10-11H2,1-2H3,(H,20,27)(H,21,26). The second kappa shape index (κ2) is 8.38. The van der Waals surface area contributed by atoms with Crippen LogP contribution in [0.15, 0.2) is 24.3 Å². The molecule has 0 aliphatic heterocycles. The summed E-state index contributed by atoms with van der Waals surface area (Å²) in [6, 6.07) is 5.93. The summed E-state index contributed by atoms with van der Waals surface area (Å²) in [5.41, 5.74) is -0.0802. The van der Waals surface area contributed by atoms with Gasteiger partial charge >= 0.3 is 0 Å². The topological polar surface area (TPSA) is 132 Å². The van der Waals surface area contributed by atoms with E-state index >= 15 is 0 Å². The highest BCUT2D eigenvalue weighted by Gasteiger charge is 2.41. The number of amides is 2. The van der Waals surface area contributed by atoms with Crippen molar-refractivity contribution in [3.63, 3.8) is 0 Å². The lowest BCUT2D eigenvalue weighted by Gasteiger charge is -2.36. The van der Waals surface area contributed by atoms with Crippen molar-refractivity contribution in [3.05, 3.63) is 45.8 Å². The predicted octanol–water partition coefficient (Wildman–Crippen LogP) is 2.05. The highest BCUT2D eigenvalue weighted by molar-refractivity contribution is 5.98. The van der Waals surface area contributed by atoms with Gasteiger partial charge in [-0.05, 0) is 32.8 Å². The van der Waals surface area contributed by atoms with Crippen molar-refractivity contribution in [3.8, 4) is 5.69 Å². The molecule has 0 spiro atoms. The van der Waals surface area contributed by atoms with Crippen molar-refractivity contribution in [1.29, 1.82) is 0 Å². The van der Waals surface area contributed by atoms with Gasteiger partial charge in [0.2, 0.25) is 5.91 Å². The quantitative estimate of drug-likeness (QED) is 0.563. The average molecular weight is 400 g/mol. The van der Waals surface area contributed by atoms with Crippen LogP contribution in [-0.4, -0.2) is 43.8 Å². The van der Waals surface area contributed by atoms with Gasteiger partial charge in [0.25, 0.3) is 11.6 Å². The number of likely N-dealkylation sites (N-methyl/N-ethyl adjacent to an activating group) is 1. The smallest absolute Gasteiger partial charge is 0.274 e. The molecule has 1 aliphatic carbocycles. The molecule has 1 heterocycles. The van der Waals surface area contributed by atoms with Gasteiger partial charge in [-0.2, -0.15) is 0 Å². The molecule has 2 N–H and O–H groups in total. The molecule has 2 amide bonds. The highest BCUT2D eigenvalue weighted by atomic mass is 16.6. The van der Waals surface area contributed by atoms with Gasteiger partial charge in [0, 0.05) is 18.7 Å². The first-order chi connectivity index (χ1) is 13.9. The molecule has 2 aromatic rings. The molecular formula is C19H24N6O4. The zero-order valence-electron chi connectivity index (χ0n) is 16.5. The Morgan fingerprint density at radius 3 is 2.66 bits per heavy atom. The van der Waals surface area contributed by atoms with Gasteiger partial charge in [0.1, 0.15) is 5.54 Å². The van der Waals surface area contributed by atoms with E-state index in [1.54, 1.807) is 19.1 Å². The molecule has 29 heavy (non-hydrogen) atoms. The van der Waals surface area contributed by atoms with E-state index in [1.165, 1.54) is 16.8 Å².